The van der Waals surface area contributed by atoms with Gasteiger partial charge in [0.2, 0.25) is 5.91 Å². The highest BCUT2D eigenvalue weighted by atomic mass is 32.1. The lowest BCUT2D eigenvalue weighted by atomic mass is 10.2. The Kier molecular flexibility index (Phi) is 6.07. The zero-order chi connectivity index (χ0) is 18.5. The Morgan fingerprint density at radius 1 is 1.00 bits per heavy atom. The number of ether oxygens (including phenoxy) is 1. The molecule has 0 unspecified atom stereocenters. The number of para-hydroxylation sites is 1. The summed E-state index contributed by atoms with van der Waals surface area (Å²) in [5.74, 6) is 1.19. The second kappa shape index (κ2) is 8.87. The van der Waals surface area contributed by atoms with Gasteiger partial charge in [-0.3, -0.25) is 14.6 Å². The van der Waals surface area contributed by atoms with Crippen LogP contribution in [0.15, 0.2) is 41.8 Å². The average Bonchev–Trinajstić information content (AvgIpc) is 2.95. The van der Waals surface area contributed by atoms with E-state index >= 15 is 0 Å². The maximum Gasteiger partial charge on any atom is 0.236 e. The quantitative estimate of drug-likeness (QED) is 0.811. The van der Waals surface area contributed by atoms with Crippen LogP contribution in [0.25, 0.3) is 0 Å². The van der Waals surface area contributed by atoms with E-state index in [0.717, 1.165) is 58.0 Å². The Balaban J connectivity index is 1.30. The zero-order valence-corrected chi connectivity index (χ0v) is 16.5. The van der Waals surface area contributed by atoms with E-state index in [9.17, 15) is 4.79 Å². The molecule has 2 aromatic rings. The van der Waals surface area contributed by atoms with Gasteiger partial charge in [-0.05, 0) is 23.9 Å². The Labute approximate surface area is 165 Å². The largest absolute Gasteiger partial charge is 0.492 e. The van der Waals surface area contributed by atoms with Crippen LogP contribution in [0.5, 0.6) is 5.75 Å². The topological polar surface area (TPSA) is 36.0 Å². The van der Waals surface area contributed by atoms with Gasteiger partial charge in [-0.2, -0.15) is 0 Å². The summed E-state index contributed by atoms with van der Waals surface area (Å²) in [6, 6.07) is 12.4. The molecule has 5 nitrogen and oxygen atoms in total. The molecule has 6 heteroatoms. The van der Waals surface area contributed by atoms with Gasteiger partial charge in [0.05, 0.1) is 6.54 Å². The first-order chi connectivity index (χ1) is 13.3. The van der Waals surface area contributed by atoms with Crippen molar-refractivity contribution in [2.75, 3.05) is 45.9 Å². The zero-order valence-electron chi connectivity index (χ0n) is 15.7. The molecule has 1 amide bonds. The Hall–Kier alpha value is -1.89. The summed E-state index contributed by atoms with van der Waals surface area (Å²) >= 11 is 1.81. The number of nitrogens with zero attached hydrogens (tertiary/aromatic N) is 3. The molecule has 1 saturated heterocycles. The lowest BCUT2D eigenvalue weighted by molar-refractivity contribution is -0.132. The summed E-state index contributed by atoms with van der Waals surface area (Å²) in [7, 11) is 0. The fourth-order valence-electron chi connectivity index (χ4n) is 3.81. The van der Waals surface area contributed by atoms with Gasteiger partial charge in [0.1, 0.15) is 12.4 Å². The van der Waals surface area contributed by atoms with Gasteiger partial charge >= 0.3 is 0 Å². The van der Waals surface area contributed by atoms with Crippen LogP contribution in [-0.2, 0) is 17.9 Å². The van der Waals surface area contributed by atoms with Gasteiger partial charge in [-0.25, -0.2) is 0 Å². The predicted octanol–water partition coefficient (Wildman–Crippen LogP) is 2.68. The normalized spacial score (nSPS) is 19.0. The highest BCUT2D eigenvalue weighted by Crippen LogP contribution is 2.22. The summed E-state index contributed by atoms with van der Waals surface area (Å²) in [6.45, 7) is 7.38. The lowest BCUT2D eigenvalue weighted by Crippen LogP contribution is -2.42. The molecule has 1 fully saturated rings. The van der Waals surface area contributed by atoms with Crippen LogP contribution in [0.3, 0.4) is 0 Å². The van der Waals surface area contributed by atoms with Crippen molar-refractivity contribution in [1.29, 1.82) is 0 Å². The number of rotatable bonds is 4. The molecule has 0 N–H and O–H groups in total. The molecule has 27 heavy (non-hydrogen) atoms. The van der Waals surface area contributed by atoms with Crippen LogP contribution >= 0.6 is 11.3 Å². The van der Waals surface area contributed by atoms with Gasteiger partial charge in [-0.15, -0.1) is 11.3 Å². The van der Waals surface area contributed by atoms with E-state index in [-0.39, 0.29) is 5.91 Å². The Morgan fingerprint density at radius 2 is 1.93 bits per heavy atom. The maximum atomic E-state index is 12.9. The van der Waals surface area contributed by atoms with Crippen molar-refractivity contribution in [2.24, 2.45) is 0 Å². The molecule has 0 saturated carbocycles. The monoisotopic (exact) mass is 385 g/mol. The Morgan fingerprint density at radius 3 is 2.81 bits per heavy atom. The smallest absolute Gasteiger partial charge is 0.236 e. The van der Waals surface area contributed by atoms with Crippen LogP contribution in [-0.4, -0.2) is 66.5 Å². The van der Waals surface area contributed by atoms with E-state index in [1.54, 1.807) is 0 Å². The van der Waals surface area contributed by atoms with Crippen LogP contribution in [0.2, 0.25) is 0 Å². The van der Waals surface area contributed by atoms with Crippen LogP contribution in [0, 0.1) is 0 Å². The average molecular weight is 386 g/mol. The van der Waals surface area contributed by atoms with E-state index in [1.807, 2.05) is 34.4 Å². The van der Waals surface area contributed by atoms with E-state index in [0.29, 0.717) is 13.2 Å². The van der Waals surface area contributed by atoms with Crippen molar-refractivity contribution in [3.8, 4) is 5.75 Å². The number of carbonyl (C=O) groups is 1. The van der Waals surface area contributed by atoms with Crippen molar-refractivity contribution in [3.05, 3.63) is 52.2 Å². The van der Waals surface area contributed by atoms with E-state index in [4.69, 9.17) is 4.74 Å². The number of thiophene rings is 1. The molecule has 1 aromatic heterocycles. The molecule has 2 aliphatic rings. The third-order valence-electron chi connectivity index (χ3n) is 5.29. The SMILES string of the molecule is O=C(CN1CCOc2ccccc2C1)N1CCCN(Cc2cccs2)CC1. The maximum absolute atomic E-state index is 12.9. The minimum Gasteiger partial charge on any atom is -0.492 e. The molecule has 4 rings (SSSR count). The molecule has 1 aromatic carbocycles. The Bertz CT molecular complexity index is 750. The first kappa shape index (κ1) is 18.5. The molecular weight excluding hydrogens is 358 g/mol. The summed E-state index contributed by atoms with van der Waals surface area (Å²) in [5.41, 5.74) is 1.17. The standard InChI is InChI=1S/C21H27N3O2S/c25-21(17-23-12-13-26-20-7-2-1-5-18(20)15-23)24-9-4-8-22(10-11-24)16-19-6-3-14-27-19/h1-3,5-7,14H,4,8-13,15-17H2. The first-order valence-corrected chi connectivity index (χ1v) is 10.6. The highest BCUT2D eigenvalue weighted by Gasteiger charge is 2.23. The van der Waals surface area contributed by atoms with E-state index in [1.165, 1.54) is 10.4 Å². The molecule has 0 radical (unpaired) electrons. The van der Waals surface area contributed by atoms with E-state index in [2.05, 4.69) is 33.4 Å². The fourth-order valence-corrected chi connectivity index (χ4v) is 4.55. The van der Waals surface area contributed by atoms with Gasteiger partial charge in [0, 0.05) is 56.3 Å². The number of carbonyl (C=O) groups excluding carboxylic acids is 1. The molecule has 0 bridgehead atoms. The van der Waals surface area contributed by atoms with Crippen molar-refractivity contribution < 1.29 is 9.53 Å². The first-order valence-electron chi connectivity index (χ1n) is 9.73. The highest BCUT2D eigenvalue weighted by molar-refractivity contribution is 7.09. The van der Waals surface area contributed by atoms with Crippen molar-refractivity contribution in [2.45, 2.75) is 19.5 Å². The summed E-state index contributed by atoms with van der Waals surface area (Å²) in [6.07, 6.45) is 1.04. The summed E-state index contributed by atoms with van der Waals surface area (Å²) < 4.78 is 5.82. The van der Waals surface area contributed by atoms with Gasteiger partial charge in [0.25, 0.3) is 0 Å². The molecule has 0 atom stereocenters. The van der Waals surface area contributed by atoms with Crippen molar-refractivity contribution in [3.63, 3.8) is 0 Å². The number of benzene rings is 1. The number of fused-ring (bicyclic) bond motifs is 1. The van der Waals surface area contributed by atoms with Crippen LogP contribution < -0.4 is 4.74 Å². The van der Waals surface area contributed by atoms with Gasteiger partial charge in [0.15, 0.2) is 0 Å². The lowest BCUT2D eigenvalue weighted by Gasteiger charge is -2.25. The molecule has 144 valence electrons. The van der Waals surface area contributed by atoms with Gasteiger partial charge in [-0.1, -0.05) is 24.3 Å². The number of hydrogen-bond donors (Lipinski definition) is 0. The number of hydrogen-bond acceptors (Lipinski definition) is 5. The molecular formula is C21H27N3O2S. The van der Waals surface area contributed by atoms with Crippen molar-refractivity contribution >= 4 is 17.2 Å². The second-order valence-corrected chi connectivity index (χ2v) is 8.29. The third-order valence-corrected chi connectivity index (χ3v) is 6.15. The fraction of sp³-hybridized carbons (Fsp3) is 0.476. The molecule has 2 aliphatic heterocycles. The van der Waals surface area contributed by atoms with Crippen molar-refractivity contribution in [1.82, 2.24) is 14.7 Å². The minimum absolute atomic E-state index is 0.243. The molecule has 3 heterocycles. The number of amides is 1. The minimum atomic E-state index is 0.243. The summed E-state index contributed by atoms with van der Waals surface area (Å²) in [4.78, 5) is 21.0. The summed E-state index contributed by atoms with van der Waals surface area (Å²) in [5, 5.41) is 2.13. The second-order valence-electron chi connectivity index (χ2n) is 7.26. The third kappa shape index (κ3) is 4.89. The van der Waals surface area contributed by atoms with Gasteiger partial charge < -0.3 is 9.64 Å². The molecule has 0 aliphatic carbocycles. The van der Waals surface area contributed by atoms with Crippen LogP contribution in [0.1, 0.15) is 16.9 Å². The predicted molar refractivity (Wildman–Crippen MR) is 108 cm³/mol. The van der Waals surface area contributed by atoms with Crippen LogP contribution in [0.4, 0.5) is 0 Å². The van der Waals surface area contributed by atoms with E-state index < -0.39 is 0 Å². The molecule has 0 spiro atoms.